The number of hydrogen-bond acceptors (Lipinski definition) is 6. The molecule has 5 nitrogen and oxygen atoms in total. The van der Waals surface area contributed by atoms with Gasteiger partial charge in [-0.3, -0.25) is 0 Å². The van der Waals surface area contributed by atoms with Gasteiger partial charge in [0.25, 0.3) is 0 Å². The third-order valence-corrected chi connectivity index (χ3v) is 17.3. The molecule has 0 aliphatic heterocycles. The van der Waals surface area contributed by atoms with Crippen LogP contribution < -0.4 is 0 Å². The zero-order chi connectivity index (χ0) is 49.6. The molecule has 0 atom stereocenters. The molecule has 0 amide bonds. The predicted molar refractivity (Wildman–Crippen MR) is 311 cm³/mol. The lowest BCUT2D eigenvalue weighted by molar-refractivity contribution is 0.668. The van der Waals surface area contributed by atoms with Gasteiger partial charge in [-0.25, -0.2) is 15.0 Å². The van der Waals surface area contributed by atoms with Crippen LogP contribution in [-0.4, -0.2) is 15.0 Å². The number of furan rings is 2. The lowest BCUT2D eigenvalue weighted by Gasteiger charge is -2.32. The Hall–Kier alpha value is -9.75. The van der Waals surface area contributed by atoms with E-state index in [1.54, 1.807) is 11.3 Å². The van der Waals surface area contributed by atoms with Crippen molar-refractivity contribution in [2.24, 2.45) is 0 Å². The summed E-state index contributed by atoms with van der Waals surface area (Å²) < 4.78 is 15.5. The molecule has 2 aliphatic carbocycles. The van der Waals surface area contributed by atoms with E-state index >= 15 is 0 Å². The molecule has 2 aliphatic rings. The van der Waals surface area contributed by atoms with Crippen LogP contribution in [0, 0.1) is 0 Å². The molecule has 17 rings (SSSR count). The van der Waals surface area contributed by atoms with Crippen LogP contribution in [0.2, 0.25) is 0 Å². The molecule has 4 heterocycles. The van der Waals surface area contributed by atoms with Gasteiger partial charge >= 0.3 is 0 Å². The van der Waals surface area contributed by atoms with Crippen LogP contribution >= 0.6 is 11.3 Å². The van der Waals surface area contributed by atoms with Gasteiger partial charge in [0.15, 0.2) is 17.5 Å². The number of para-hydroxylation sites is 1. The van der Waals surface area contributed by atoms with E-state index in [1.165, 1.54) is 70.4 Å². The summed E-state index contributed by atoms with van der Waals surface area (Å²) in [7, 11) is 0. The maximum Gasteiger partial charge on any atom is 0.164 e. The van der Waals surface area contributed by atoms with Crippen molar-refractivity contribution in [3.8, 4) is 78.7 Å². The highest BCUT2D eigenvalue weighted by atomic mass is 32.1. The Balaban J connectivity index is 0.843. The highest BCUT2D eigenvalue weighted by Gasteiger charge is 2.52. The van der Waals surface area contributed by atoms with Crippen LogP contribution in [-0.2, 0) is 5.41 Å². The van der Waals surface area contributed by atoms with Gasteiger partial charge in [-0.2, -0.15) is 0 Å². The Kier molecular flexibility index (Phi) is 8.58. The largest absolute Gasteiger partial charge is 0.456 e. The summed E-state index contributed by atoms with van der Waals surface area (Å²) in [6.45, 7) is 0. The molecule has 0 radical (unpaired) electrons. The van der Waals surface area contributed by atoms with Crippen LogP contribution in [0.1, 0.15) is 22.3 Å². The Labute approximate surface area is 439 Å². The second-order valence-corrected chi connectivity index (χ2v) is 21.2. The minimum Gasteiger partial charge on any atom is -0.456 e. The standard InChI is InChI=1S/C70H39N3O2S/c1-6-26-55-45(17-1)46-18-2-7-27-56(46)70(55)57-28-8-3-19-47(57)50-23-12-22-44(66(50)70)42-16-11-15-40(37-42)41-34-36-59-54(38-41)64-52(24-13-30-60(64)74-59)68-71-67(43-33-35-49-48-20-4-9-29-58(48)75-61(49)39-43)72-69(73-68)53-25-14-32-63-65(53)51-21-5-10-31-62(51)76-63/h1-39H. The van der Waals surface area contributed by atoms with Crippen molar-refractivity contribution in [3.05, 3.63) is 259 Å². The molecule has 76 heavy (non-hydrogen) atoms. The van der Waals surface area contributed by atoms with Crippen molar-refractivity contribution < 1.29 is 8.83 Å². The minimum absolute atomic E-state index is 0.463. The molecule has 0 N–H and O–H groups in total. The number of benzene rings is 11. The van der Waals surface area contributed by atoms with E-state index in [-0.39, 0.29) is 0 Å². The summed E-state index contributed by atoms with van der Waals surface area (Å²) in [5.41, 5.74) is 20.5. The molecular weight excluding hydrogens is 947 g/mol. The van der Waals surface area contributed by atoms with Crippen LogP contribution in [0.5, 0.6) is 0 Å². The fraction of sp³-hybridized carbons (Fsp3) is 0.0143. The van der Waals surface area contributed by atoms with E-state index in [0.717, 1.165) is 77.1 Å². The lowest BCUT2D eigenvalue weighted by Crippen LogP contribution is -2.26. The summed E-state index contributed by atoms with van der Waals surface area (Å²) in [5, 5.41) is 6.37. The summed E-state index contributed by atoms with van der Waals surface area (Å²) in [4.78, 5) is 16.1. The van der Waals surface area contributed by atoms with E-state index in [1.807, 2.05) is 30.3 Å². The van der Waals surface area contributed by atoms with Gasteiger partial charge in [-0.1, -0.05) is 182 Å². The van der Waals surface area contributed by atoms with Crippen LogP contribution in [0.25, 0.3) is 143 Å². The normalized spacial score (nSPS) is 13.1. The topological polar surface area (TPSA) is 65.0 Å². The first-order valence-electron chi connectivity index (χ1n) is 25.7. The van der Waals surface area contributed by atoms with E-state index in [0.29, 0.717) is 17.5 Å². The average Bonchev–Trinajstić information content (AvgIpc) is 4.44. The summed E-state index contributed by atoms with van der Waals surface area (Å²) in [6, 6.07) is 85.1. The van der Waals surface area contributed by atoms with Gasteiger partial charge in [-0.15, -0.1) is 11.3 Å². The smallest absolute Gasteiger partial charge is 0.164 e. The van der Waals surface area contributed by atoms with Crippen LogP contribution in [0.15, 0.2) is 245 Å². The van der Waals surface area contributed by atoms with Gasteiger partial charge < -0.3 is 8.83 Å². The van der Waals surface area contributed by atoms with Gasteiger partial charge in [-0.05, 0) is 121 Å². The molecule has 4 aromatic heterocycles. The van der Waals surface area contributed by atoms with Gasteiger partial charge in [0.2, 0.25) is 0 Å². The van der Waals surface area contributed by atoms with Crippen molar-refractivity contribution in [1.82, 2.24) is 15.0 Å². The van der Waals surface area contributed by atoms with Crippen LogP contribution in [0.3, 0.4) is 0 Å². The molecule has 0 fully saturated rings. The number of hydrogen-bond donors (Lipinski definition) is 0. The quantitative estimate of drug-likeness (QED) is 0.172. The first-order chi connectivity index (χ1) is 37.7. The second kappa shape index (κ2) is 15.6. The molecule has 0 saturated heterocycles. The van der Waals surface area contributed by atoms with Crippen molar-refractivity contribution in [2.45, 2.75) is 5.41 Å². The Morgan fingerprint density at radius 1 is 0.289 bits per heavy atom. The van der Waals surface area contributed by atoms with Gasteiger partial charge in [0, 0.05) is 58.4 Å². The summed E-state index contributed by atoms with van der Waals surface area (Å²) in [6.07, 6.45) is 0. The molecule has 0 bridgehead atoms. The minimum atomic E-state index is -0.463. The lowest BCUT2D eigenvalue weighted by atomic mass is 9.68. The van der Waals surface area contributed by atoms with E-state index < -0.39 is 5.41 Å². The number of fused-ring (bicyclic) bond motifs is 19. The molecule has 0 unspecified atom stereocenters. The van der Waals surface area contributed by atoms with Gasteiger partial charge in [0.05, 0.1) is 5.41 Å². The van der Waals surface area contributed by atoms with Crippen LogP contribution in [0.4, 0.5) is 0 Å². The Bertz CT molecular complexity index is 4920. The third kappa shape index (κ3) is 5.76. The van der Waals surface area contributed by atoms with Crippen molar-refractivity contribution in [1.29, 1.82) is 0 Å². The summed E-state index contributed by atoms with van der Waals surface area (Å²) >= 11 is 1.78. The van der Waals surface area contributed by atoms with Crippen molar-refractivity contribution in [3.63, 3.8) is 0 Å². The fourth-order valence-corrected chi connectivity index (χ4v) is 14.2. The average molecular weight is 986 g/mol. The Morgan fingerprint density at radius 3 is 1.61 bits per heavy atom. The number of rotatable bonds is 5. The predicted octanol–water partition coefficient (Wildman–Crippen LogP) is 18.7. The van der Waals surface area contributed by atoms with Crippen molar-refractivity contribution in [2.75, 3.05) is 0 Å². The fourth-order valence-electron chi connectivity index (χ4n) is 13.0. The molecule has 15 aromatic rings. The van der Waals surface area contributed by atoms with E-state index in [4.69, 9.17) is 23.8 Å². The number of aromatic nitrogens is 3. The highest BCUT2D eigenvalue weighted by Crippen LogP contribution is 2.64. The third-order valence-electron chi connectivity index (χ3n) is 16.2. The van der Waals surface area contributed by atoms with E-state index in [9.17, 15) is 0 Å². The van der Waals surface area contributed by atoms with Crippen molar-refractivity contribution >= 4 is 75.4 Å². The Morgan fingerprint density at radius 2 is 0.803 bits per heavy atom. The maximum atomic E-state index is 6.71. The molecule has 11 aromatic carbocycles. The molecule has 0 saturated carbocycles. The molecule has 6 heteroatoms. The first kappa shape index (κ1) is 41.7. The number of nitrogens with zero attached hydrogens (tertiary/aromatic N) is 3. The second-order valence-electron chi connectivity index (χ2n) is 20.1. The zero-order valence-electron chi connectivity index (χ0n) is 40.6. The molecule has 1 spiro atoms. The highest BCUT2D eigenvalue weighted by molar-refractivity contribution is 7.25. The first-order valence-corrected chi connectivity index (χ1v) is 26.5. The summed E-state index contributed by atoms with van der Waals surface area (Å²) in [5.74, 6) is 1.72. The van der Waals surface area contributed by atoms with Gasteiger partial charge in [0.1, 0.15) is 22.3 Å². The van der Waals surface area contributed by atoms with E-state index in [2.05, 4.69) is 206 Å². The SMILES string of the molecule is c1cc(-c2ccc3oc4cccc(-c5nc(-c6ccc7c(c6)oc6ccccc67)nc(-c6cccc7sc8ccccc8c67)n5)c4c3c2)cc(-c2cccc3c2C2(c4ccccc4-c4ccccc42)c2ccccc2-3)c1. The molecule has 352 valence electrons. The molecular formula is C70H39N3O2S. The number of thiophene rings is 1. The zero-order valence-corrected chi connectivity index (χ0v) is 41.4. The monoisotopic (exact) mass is 985 g/mol. The maximum absolute atomic E-state index is 6.71.